The lowest BCUT2D eigenvalue weighted by Gasteiger charge is -2.39. The van der Waals surface area contributed by atoms with Crippen molar-refractivity contribution in [2.45, 2.75) is 36.7 Å². The summed E-state index contributed by atoms with van der Waals surface area (Å²) in [5, 5.41) is 1.53. The SMILES string of the molecule is COCOC1(c2ncc(-c3c(Cl)cnc4c3cc(-c3ccc(C=O)c(F)c3)n4S(=O)(=O)c3ccc(C)cc3)s2)CCC1. The van der Waals surface area contributed by atoms with Crippen LogP contribution in [-0.4, -0.2) is 42.5 Å². The second-order valence-corrected chi connectivity index (χ2v) is 13.3. The molecule has 0 saturated heterocycles. The predicted molar refractivity (Wildman–Crippen MR) is 159 cm³/mol. The average Bonchev–Trinajstić information content (AvgIpc) is 3.59. The Bertz CT molecular complexity index is 1930. The van der Waals surface area contributed by atoms with E-state index in [-0.39, 0.29) is 34.2 Å². The lowest BCUT2D eigenvalue weighted by atomic mass is 9.80. The molecular weight excluding hydrogens is 601 g/mol. The Balaban J connectivity index is 1.59. The van der Waals surface area contributed by atoms with Crippen molar-refractivity contribution in [1.82, 2.24) is 13.9 Å². The lowest BCUT2D eigenvalue weighted by Crippen LogP contribution is -2.37. The smallest absolute Gasteiger partial charge is 0.269 e. The van der Waals surface area contributed by atoms with E-state index in [0.29, 0.717) is 27.1 Å². The molecule has 1 fully saturated rings. The number of pyridine rings is 1. The van der Waals surface area contributed by atoms with Gasteiger partial charge in [-0.15, -0.1) is 11.3 Å². The Labute approximate surface area is 250 Å². The molecule has 12 heteroatoms. The summed E-state index contributed by atoms with van der Waals surface area (Å²) in [6.45, 7) is 2.00. The van der Waals surface area contributed by atoms with Crippen LogP contribution < -0.4 is 0 Å². The van der Waals surface area contributed by atoms with Gasteiger partial charge in [-0.05, 0) is 56.5 Å². The first kappa shape index (κ1) is 28.6. The van der Waals surface area contributed by atoms with Gasteiger partial charge >= 0.3 is 0 Å². The van der Waals surface area contributed by atoms with Crippen molar-refractivity contribution in [1.29, 1.82) is 0 Å². The van der Waals surface area contributed by atoms with Crippen LogP contribution in [0.5, 0.6) is 0 Å². The summed E-state index contributed by atoms with van der Waals surface area (Å²) in [7, 11) is -2.64. The van der Waals surface area contributed by atoms with Crippen molar-refractivity contribution in [3.8, 4) is 21.7 Å². The molecule has 5 aromatic rings. The maximum absolute atomic E-state index is 14.8. The number of hydrogen-bond acceptors (Lipinski definition) is 8. The van der Waals surface area contributed by atoms with Crippen molar-refractivity contribution in [2.75, 3.05) is 13.9 Å². The van der Waals surface area contributed by atoms with Crippen LogP contribution in [0.25, 0.3) is 32.7 Å². The third-order valence-corrected chi connectivity index (χ3v) is 10.7. The second-order valence-electron chi connectivity index (χ2n) is 10.1. The molecule has 42 heavy (non-hydrogen) atoms. The van der Waals surface area contributed by atoms with Crippen molar-refractivity contribution in [3.63, 3.8) is 0 Å². The van der Waals surface area contributed by atoms with E-state index < -0.39 is 21.4 Å². The molecule has 0 N–H and O–H groups in total. The molecule has 8 nitrogen and oxygen atoms in total. The van der Waals surface area contributed by atoms with Crippen LogP contribution in [0.15, 0.2) is 65.8 Å². The zero-order chi connectivity index (χ0) is 29.6. The molecule has 0 spiro atoms. The zero-order valence-electron chi connectivity index (χ0n) is 22.6. The van der Waals surface area contributed by atoms with Gasteiger partial charge < -0.3 is 9.47 Å². The Morgan fingerprint density at radius 3 is 2.52 bits per heavy atom. The first-order valence-electron chi connectivity index (χ1n) is 13.1. The maximum Gasteiger partial charge on any atom is 0.269 e. The van der Waals surface area contributed by atoms with Gasteiger partial charge in [-0.1, -0.05) is 35.4 Å². The van der Waals surface area contributed by atoms with E-state index in [1.54, 1.807) is 31.5 Å². The number of benzene rings is 2. The number of aryl methyl sites for hydroxylation is 1. The minimum Gasteiger partial charge on any atom is -0.359 e. The number of ether oxygens (including phenoxy) is 2. The molecule has 2 aromatic carbocycles. The summed E-state index contributed by atoms with van der Waals surface area (Å²) < 4.78 is 55.3. The number of hydrogen-bond donors (Lipinski definition) is 0. The number of rotatable bonds is 9. The number of nitrogens with zero attached hydrogens (tertiary/aromatic N) is 3. The maximum atomic E-state index is 14.8. The fraction of sp³-hybridized carbons (Fsp3) is 0.233. The lowest BCUT2D eigenvalue weighted by molar-refractivity contribution is -0.171. The Hall–Kier alpha value is -3.48. The minimum absolute atomic E-state index is 0.0393. The van der Waals surface area contributed by atoms with Crippen molar-refractivity contribution in [2.24, 2.45) is 0 Å². The summed E-state index contributed by atoms with van der Waals surface area (Å²) in [5.41, 5.74) is 1.31. The van der Waals surface area contributed by atoms with E-state index >= 15 is 0 Å². The van der Waals surface area contributed by atoms with Gasteiger partial charge in [-0.25, -0.2) is 26.7 Å². The van der Waals surface area contributed by atoms with Crippen LogP contribution in [-0.2, 0) is 25.1 Å². The first-order valence-corrected chi connectivity index (χ1v) is 15.7. The van der Waals surface area contributed by atoms with Crippen LogP contribution >= 0.6 is 22.9 Å². The molecule has 3 heterocycles. The number of carbonyl (C=O) groups is 1. The van der Waals surface area contributed by atoms with Crippen LogP contribution in [0.4, 0.5) is 4.39 Å². The number of carbonyl (C=O) groups excluding carboxylic acids is 1. The highest BCUT2D eigenvalue weighted by atomic mass is 35.5. The second kappa shape index (κ2) is 11.0. The standard InChI is InChI=1S/C30H25ClFN3O5S2/c1-18-4-8-21(9-5-18)42(37,38)35-25(19-6-7-20(16-36)24(32)12-19)13-22-27(23(31)14-33-28(22)35)26-15-34-29(41-26)30(10-3-11-30)40-17-39-2/h4-9,12-16H,3,10-11,17H2,1-2H3. The van der Waals surface area contributed by atoms with Gasteiger partial charge in [0.05, 0.1) is 26.1 Å². The van der Waals surface area contributed by atoms with Gasteiger partial charge in [0, 0.05) is 36.0 Å². The molecule has 0 bridgehead atoms. The third-order valence-electron chi connectivity index (χ3n) is 7.48. The van der Waals surface area contributed by atoms with Crippen LogP contribution in [0.3, 0.4) is 0 Å². The van der Waals surface area contributed by atoms with Gasteiger partial charge in [-0.3, -0.25) is 4.79 Å². The van der Waals surface area contributed by atoms with Crippen molar-refractivity contribution >= 4 is 50.3 Å². The molecule has 6 rings (SSSR count). The van der Waals surface area contributed by atoms with Crippen molar-refractivity contribution in [3.05, 3.63) is 87.9 Å². The molecule has 0 aliphatic heterocycles. The highest BCUT2D eigenvalue weighted by Crippen LogP contribution is 2.49. The molecule has 0 amide bonds. The fourth-order valence-electron chi connectivity index (χ4n) is 5.08. The fourth-order valence-corrected chi connectivity index (χ4v) is 8.06. The monoisotopic (exact) mass is 625 g/mol. The first-order chi connectivity index (χ1) is 20.2. The van der Waals surface area contributed by atoms with E-state index in [9.17, 15) is 17.6 Å². The molecular formula is C30H25ClFN3O5S2. The number of methoxy groups -OCH3 is 1. The quantitative estimate of drug-likeness (QED) is 0.129. The van der Waals surface area contributed by atoms with Gasteiger partial charge in [0.15, 0.2) is 11.9 Å². The summed E-state index contributed by atoms with van der Waals surface area (Å²) >= 11 is 8.13. The number of halogens is 2. The normalized spacial score (nSPS) is 14.7. The zero-order valence-corrected chi connectivity index (χ0v) is 25.0. The predicted octanol–water partition coefficient (Wildman–Crippen LogP) is 6.98. The van der Waals surface area contributed by atoms with E-state index in [0.717, 1.165) is 39.9 Å². The molecule has 1 aliphatic rings. The molecule has 0 unspecified atom stereocenters. The Morgan fingerprint density at radius 2 is 1.88 bits per heavy atom. The van der Waals surface area contributed by atoms with Crippen LogP contribution in [0.2, 0.25) is 5.02 Å². The molecule has 0 radical (unpaired) electrons. The molecule has 0 atom stereocenters. The van der Waals surface area contributed by atoms with Gasteiger partial charge in [0.2, 0.25) is 0 Å². The topological polar surface area (TPSA) is 100 Å². The minimum atomic E-state index is -4.21. The molecule has 1 saturated carbocycles. The molecule has 3 aromatic heterocycles. The van der Waals surface area contributed by atoms with Gasteiger partial charge in [0.1, 0.15) is 23.2 Å². The number of aromatic nitrogens is 3. The largest absolute Gasteiger partial charge is 0.359 e. The van der Waals surface area contributed by atoms with Gasteiger partial charge in [-0.2, -0.15) is 0 Å². The highest BCUT2D eigenvalue weighted by molar-refractivity contribution is 7.90. The molecule has 1 aliphatic carbocycles. The molecule has 216 valence electrons. The summed E-state index contributed by atoms with van der Waals surface area (Å²) in [6, 6.07) is 12.0. The van der Waals surface area contributed by atoms with E-state index in [1.807, 2.05) is 6.92 Å². The van der Waals surface area contributed by atoms with Crippen LogP contribution in [0, 0.1) is 12.7 Å². The van der Waals surface area contributed by atoms with Crippen molar-refractivity contribution < 1.29 is 27.1 Å². The number of aldehydes is 1. The summed E-state index contributed by atoms with van der Waals surface area (Å²) in [5.74, 6) is -0.771. The number of thiazole rings is 1. The Kier molecular flexibility index (Phi) is 7.48. The number of fused-ring (bicyclic) bond motifs is 1. The van der Waals surface area contributed by atoms with E-state index in [2.05, 4.69) is 9.97 Å². The van der Waals surface area contributed by atoms with E-state index in [4.69, 9.17) is 21.1 Å². The highest BCUT2D eigenvalue weighted by Gasteiger charge is 2.43. The average molecular weight is 626 g/mol. The van der Waals surface area contributed by atoms with Gasteiger partial charge in [0.25, 0.3) is 10.0 Å². The summed E-state index contributed by atoms with van der Waals surface area (Å²) in [4.78, 5) is 21.1. The summed E-state index contributed by atoms with van der Waals surface area (Å²) in [6.07, 6.45) is 6.12. The van der Waals surface area contributed by atoms with Crippen LogP contribution in [0.1, 0.15) is 40.2 Å². The Morgan fingerprint density at radius 1 is 1.12 bits per heavy atom. The third kappa shape index (κ3) is 4.75. The van der Waals surface area contributed by atoms with E-state index in [1.165, 1.54) is 41.8 Å².